The molecule has 4 heteroatoms. The van der Waals surface area contributed by atoms with Gasteiger partial charge in [-0.3, -0.25) is 9.36 Å². The maximum absolute atomic E-state index is 12.0. The molecule has 0 aliphatic heterocycles. The average molecular weight is 279 g/mol. The smallest absolute Gasteiger partial charge is 0.343 e. The van der Waals surface area contributed by atoms with Gasteiger partial charge in [0.2, 0.25) is 5.91 Å². The van der Waals surface area contributed by atoms with E-state index in [2.05, 4.69) is 0 Å². The fraction of sp³-hybridized carbons (Fsp3) is 0.0588. The molecule has 104 valence electrons. The largest absolute Gasteiger partial charge is 0.423 e. The number of carbonyl (C=O) groups excluding carboxylic acids is 2. The summed E-state index contributed by atoms with van der Waals surface area (Å²) in [5.74, 6) is -0.0926. The van der Waals surface area contributed by atoms with E-state index in [4.69, 9.17) is 4.74 Å². The van der Waals surface area contributed by atoms with Crippen molar-refractivity contribution in [3.63, 3.8) is 0 Å². The van der Waals surface area contributed by atoms with Gasteiger partial charge in [-0.05, 0) is 30.3 Å². The number of benzene rings is 2. The van der Waals surface area contributed by atoms with Crippen LogP contribution in [0.4, 0.5) is 0 Å². The average Bonchev–Trinajstić information content (AvgIpc) is 2.91. The lowest BCUT2D eigenvalue weighted by molar-refractivity contribution is 0.0735. The first-order valence-electron chi connectivity index (χ1n) is 6.54. The van der Waals surface area contributed by atoms with Crippen molar-refractivity contribution >= 4 is 22.8 Å². The summed E-state index contributed by atoms with van der Waals surface area (Å²) in [6.07, 6.45) is 1.70. The number of carbonyl (C=O) groups is 2. The van der Waals surface area contributed by atoms with E-state index < -0.39 is 5.97 Å². The Kier molecular flexibility index (Phi) is 3.28. The van der Waals surface area contributed by atoms with Crippen LogP contribution >= 0.6 is 0 Å². The number of rotatable bonds is 2. The zero-order chi connectivity index (χ0) is 14.8. The Labute approximate surface area is 121 Å². The lowest BCUT2D eigenvalue weighted by Crippen LogP contribution is -2.08. The molecule has 2 aromatic carbocycles. The maximum Gasteiger partial charge on any atom is 0.343 e. The number of esters is 1. The Morgan fingerprint density at radius 1 is 1.00 bits per heavy atom. The van der Waals surface area contributed by atoms with Gasteiger partial charge in [-0.15, -0.1) is 0 Å². The molecule has 0 fully saturated rings. The summed E-state index contributed by atoms with van der Waals surface area (Å²) in [6, 6.07) is 15.9. The number of aromatic nitrogens is 1. The molecule has 0 aliphatic rings. The first-order chi connectivity index (χ1) is 10.1. The second-order valence-electron chi connectivity index (χ2n) is 4.68. The van der Waals surface area contributed by atoms with Crippen molar-refractivity contribution < 1.29 is 14.3 Å². The van der Waals surface area contributed by atoms with Crippen LogP contribution in [0.3, 0.4) is 0 Å². The predicted molar refractivity (Wildman–Crippen MR) is 79.6 cm³/mol. The molecule has 0 amide bonds. The van der Waals surface area contributed by atoms with Crippen molar-refractivity contribution in [2.24, 2.45) is 0 Å². The molecular weight excluding hydrogens is 266 g/mol. The summed E-state index contributed by atoms with van der Waals surface area (Å²) in [6.45, 7) is 1.49. The maximum atomic E-state index is 12.0. The molecule has 4 nitrogen and oxygen atoms in total. The minimum atomic E-state index is -0.420. The highest BCUT2D eigenvalue weighted by Crippen LogP contribution is 2.22. The van der Waals surface area contributed by atoms with Gasteiger partial charge in [0.1, 0.15) is 5.75 Å². The predicted octanol–water partition coefficient (Wildman–Crippen LogP) is 3.52. The van der Waals surface area contributed by atoms with Gasteiger partial charge in [-0.1, -0.05) is 18.2 Å². The highest BCUT2D eigenvalue weighted by atomic mass is 16.5. The van der Waals surface area contributed by atoms with E-state index >= 15 is 0 Å². The van der Waals surface area contributed by atoms with Crippen LogP contribution in [0.1, 0.15) is 22.1 Å². The summed E-state index contributed by atoms with van der Waals surface area (Å²) in [7, 11) is 0. The molecule has 1 aromatic heterocycles. The van der Waals surface area contributed by atoms with Crippen molar-refractivity contribution in [3.05, 3.63) is 66.4 Å². The van der Waals surface area contributed by atoms with Crippen LogP contribution in [-0.2, 0) is 0 Å². The fourth-order valence-electron chi connectivity index (χ4n) is 2.19. The van der Waals surface area contributed by atoms with Crippen LogP contribution in [0.25, 0.3) is 10.9 Å². The van der Waals surface area contributed by atoms with Gasteiger partial charge < -0.3 is 4.74 Å². The minimum absolute atomic E-state index is 0.0865. The lowest BCUT2D eigenvalue weighted by atomic mass is 10.2. The van der Waals surface area contributed by atoms with E-state index in [0.717, 1.165) is 10.9 Å². The van der Waals surface area contributed by atoms with Gasteiger partial charge in [0.25, 0.3) is 0 Å². The van der Waals surface area contributed by atoms with Crippen LogP contribution < -0.4 is 4.74 Å². The number of hydrogen-bond acceptors (Lipinski definition) is 3. The van der Waals surface area contributed by atoms with E-state index in [1.807, 2.05) is 18.2 Å². The third-order valence-corrected chi connectivity index (χ3v) is 3.22. The van der Waals surface area contributed by atoms with Crippen LogP contribution in [-0.4, -0.2) is 16.4 Å². The number of nitrogens with zero attached hydrogens (tertiary/aromatic N) is 1. The molecule has 0 saturated carbocycles. The zero-order valence-electron chi connectivity index (χ0n) is 11.4. The van der Waals surface area contributed by atoms with Gasteiger partial charge in [0, 0.05) is 24.6 Å². The molecule has 3 aromatic rings. The molecular formula is C17H13NO3. The standard InChI is InChI=1S/C17H13NO3/c1-12(19)18-10-9-13-7-8-15(11-16(13)18)21-17(20)14-5-3-2-4-6-14/h2-11H,1H3. The highest BCUT2D eigenvalue weighted by Gasteiger charge is 2.10. The summed E-state index contributed by atoms with van der Waals surface area (Å²) in [5.41, 5.74) is 1.21. The van der Waals surface area contributed by atoms with Gasteiger partial charge in [-0.25, -0.2) is 4.79 Å². The summed E-state index contributed by atoms with van der Waals surface area (Å²) < 4.78 is 6.87. The first-order valence-corrected chi connectivity index (χ1v) is 6.54. The molecule has 0 aliphatic carbocycles. The van der Waals surface area contributed by atoms with Crippen molar-refractivity contribution in [1.82, 2.24) is 4.57 Å². The SMILES string of the molecule is CC(=O)n1ccc2ccc(OC(=O)c3ccccc3)cc21. The van der Waals surface area contributed by atoms with E-state index in [9.17, 15) is 9.59 Å². The molecule has 0 radical (unpaired) electrons. The molecule has 0 unspecified atom stereocenters. The highest BCUT2D eigenvalue weighted by molar-refractivity contribution is 5.94. The van der Waals surface area contributed by atoms with Crippen LogP contribution in [0.15, 0.2) is 60.8 Å². The Hall–Kier alpha value is -2.88. The van der Waals surface area contributed by atoms with Crippen LogP contribution in [0.2, 0.25) is 0 Å². The normalized spacial score (nSPS) is 10.5. The van der Waals surface area contributed by atoms with Gasteiger partial charge >= 0.3 is 5.97 Å². The van der Waals surface area contributed by atoms with Crippen molar-refractivity contribution in [2.75, 3.05) is 0 Å². The first kappa shape index (κ1) is 13.1. The van der Waals surface area contributed by atoms with Crippen LogP contribution in [0, 0.1) is 0 Å². The monoisotopic (exact) mass is 279 g/mol. The number of fused-ring (bicyclic) bond motifs is 1. The third-order valence-electron chi connectivity index (χ3n) is 3.22. The molecule has 0 bridgehead atoms. The summed E-state index contributed by atoms with van der Waals surface area (Å²) in [5, 5.41) is 0.921. The van der Waals surface area contributed by atoms with Gasteiger partial charge in [-0.2, -0.15) is 0 Å². The zero-order valence-corrected chi connectivity index (χ0v) is 11.4. The molecule has 0 N–H and O–H groups in total. The fourth-order valence-corrected chi connectivity index (χ4v) is 2.19. The van der Waals surface area contributed by atoms with E-state index in [1.54, 1.807) is 42.6 Å². The topological polar surface area (TPSA) is 48.3 Å². The second-order valence-corrected chi connectivity index (χ2v) is 4.68. The van der Waals surface area contributed by atoms with Gasteiger partial charge in [0.05, 0.1) is 11.1 Å². The number of ether oxygens (including phenoxy) is 1. The summed E-state index contributed by atoms with van der Waals surface area (Å²) in [4.78, 5) is 23.5. The molecule has 3 rings (SSSR count). The van der Waals surface area contributed by atoms with Crippen molar-refractivity contribution in [3.8, 4) is 5.75 Å². The second kappa shape index (κ2) is 5.25. The van der Waals surface area contributed by atoms with E-state index in [0.29, 0.717) is 11.3 Å². The minimum Gasteiger partial charge on any atom is -0.423 e. The summed E-state index contributed by atoms with van der Waals surface area (Å²) >= 11 is 0. The molecule has 0 saturated heterocycles. The molecule has 1 heterocycles. The molecule has 21 heavy (non-hydrogen) atoms. The number of hydrogen-bond donors (Lipinski definition) is 0. The van der Waals surface area contributed by atoms with Crippen molar-refractivity contribution in [1.29, 1.82) is 0 Å². The Bertz CT molecular complexity index is 818. The quantitative estimate of drug-likeness (QED) is 0.532. The van der Waals surface area contributed by atoms with Crippen LogP contribution in [0.5, 0.6) is 5.75 Å². The van der Waals surface area contributed by atoms with Crippen molar-refractivity contribution in [2.45, 2.75) is 6.92 Å². The molecule has 0 spiro atoms. The van der Waals surface area contributed by atoms with E-state index in [-0.39, 0.29) is 5.91 Å². The Morgan fingerprint density at radius 3 is 2.48 bits per heavy atom. The van der Waals surface area contributed by atoms with E-state index in [1.165, 1.54) is 11.5 Å². The lowest BCUT2D eigenvalue weighted by Gasteiger charge is -2.05. The Morgan fingerprint density at radius 2 is 1.76 bits per heavy atom. The van der Waals surface area contributed by atoms with Gasteiger partial charge in [0.15, 0.2) is 0 Å². The third kappa shape index (κ3) is 2.56. The Balaban J connectivity index is 1.92. The molecule has 0 atom stereocenters.